The Kier molecular flexibility index (Phi) is 2.88. The molecule has 0 aliphatic carbocycles. The molecular formula is C14H17N3O. The Morgan fingerprint density at radius 3 is 3.17 bits per heavy atom. The normalized spacial score (nSPS) is 21.3. The van der Waals surface area contributed by atoms with Crippen LogP contribution in [0.25, 0.3) is 5.65 Å². The van der Waals surface area contributed by atoms with Crippen LogP contribution in [0.2, 0.25) is 0 Å². The number of imidazole rings is 1. The molecular weight excluding hydrogens is 226 g/mol. The van der Waals surface area contributed by atoms with Crippen LogP contribution in [0, 0.1) is 0 Å². The summed E-state index contributed by atoms with van der Waals surface area (Å²) in [7, 11) is 2.16. The van der Waals surface area contributed by atoms with Gasteiger partial charge in [-0.15, -0.1) is 0 Å². The standard InChI is InChI=1S/C14H17N3O/c1-16-5-2-3-12(8-16)13-9-17-6-4-11(10-18)7-14(17)15-13/h4,6-7,9-10,12H,2-3,5,8H2,1H3. The number of likely N-dealkylation sites (N-methyl/N-ethyl adjacent to an activating group) is 1. The Labute approximate surface area is 106 Å². The van der Waals surface area contributed by atoms with Crippen LogP contribution in [0.5, 0.6) is 0 Å². The molecule has 0 aromatic carbocycles. The Morgan fingerprint density at radius 1 is 1.50 bits per heavy atom. The van der Waals surface area contributed by atoms with E-state index in [0.717, 1.165) is 24.2 Å². The molecule has 0 saturated carbocycles. The number of rotatable bonds is 2. The second-order valence-electron chi connectivity index (χ2n) is 5.11. The van der Waals surface area contributed by atoms with Crippen LogP contribution in [0.1, 0.15) is 34.8 Å². The minimum absolute atomic E-state index is 0.517. The first-order valence-corrected chi connectivity index (χ1v) is 6.38. The Hall–Kier alpha value is -1.68. The zero-order valence-corrected chi connectivity index (χ0v) is 10.5. The molecule has 1 atom stereocenters. The lowest BCUT2D eigenvalue weighted by Crippen LogP contribution is -2.30. The molecule has 0 bridgehead atoms. The molecule has 0 N–H and O–H groups in total. The summed E-state index contributed by atoms with van der Waals surface area (Å²) in [5.41, 5.74) is 2.69. The van der Waals surface area contributed by atoms with Crippen LogP contribution in [0.4, 0.5) is 0 Å². The van der Waals surface area contributed by atoms with Gasteiger partial charge < -0.3 is 9.30 Å². The molecule has 2 aromatic heterocycles. The molecule has 0 radical (unpaired) electrons. The fraction of sp³-hybridized carbons (Fsp3) is 0.429. The predicted molar refractivity (Wildman–Crippen MR) is 70.1 cm³/mol. The van der Waals surface area contributed by atoms with Crippen LogP contribution in [0.15, 0.2) is 24.5 Å². The van der Waals surface area contributed by atoms with Crippen LogP contribution < -0.4 is 0 Å². The monoisotopic (exact) mass is 243 g/mol. The zero-order chi connectivity index (χ0) is 12.5. The highest BCUT2D eigenvalue weighted by Crippen LogP contribution is 2.25. The lowest BCUT2D eigenvalue weighted by atomic mass is 9.96. The summed E-state index contributed by atoms with van der Waals surface area (Å²) in [6, 6.07) is 3.65. The average Bonchev–Trinajstić information content (AvgIpc) is 2.81. The third-order valence-corrected chi connectivity index (χ3v) is 3.68. The number of nitrogens with zero attached hydrogens (tertiary/aromatic N) is 3. The number of carbonyl (C=O) groups is 1. The number of aldehydes is 1. The Balaban J connectivity index is 1.94. The highest BCUT2D eigenvalue weighted by Gasteiger charge is 2.21. The van der Waals surface area contributed by atoms with E-state index >= 15 is 0 Å². The van der Waals surface area contributed by atoms with Crippen molar-refractivity contribution in [2.75, 3.05) is 20.1 Å². The van der Waals surface area contributed by atoms with E-state index in [9.17, 15) is 4.79 Å². The number of carbonyl (C=O) groups excluding carboxylic acids is 1. The van der Waals surface area contributed by atoms with Gasteiger partial charge in [0.1, 0.15) is 11.9 Å². The molecule has 1 aliphatic rings. The van der Waals surface area contributed by atoms with Gasteiger partial charge in [0, 0.05) is 30.4 Å². The molecule has 1 aliphatic heterocycles. The number of hydrogen-bond acceptors (Lipinski definition) is 3. The maximum absolute atomic E-state index is 10.8. The second-order valence-corrected chi connectivity index (χ2v) is 5.11. The molecule has 18 heavy (non-hydrogen) atoms. The van der Waals surface area contributed by atoms with Crippen molar-refractivity contribution in [3.05, 3.63) is 35.8 Å². The number of hydrogen-bond donors (Lipinski definition) is 0. The predicted octanol–water partition coefficient (Wildman–Crippen LogP) is 1.96. The number of fused-ring (bicyclic) bond motifs is 1. The van der Waals surface area contributed by atoms with E-state index in [0.29, 0.717) is 11.5 Å². The highest BCUT2D eigenvalue weighted by molar-refractivity contribution is 5.76. The van der Waals surface area contributed by atoms with Gasteiger partial charge in [-0.2, -0.15) is 0 Å². The molecule has 94 valence electrons. The Bertz CT molecular complexity index is 575. The average molecular weight is 243 g/mol. The number of aromatic nitrogens is 2. The topological polar surface area (TPSA) is 37.6 Å². The maximum atomic E-state index is 10.8. The first kappa shape index (κ1) is 11.4. The first-order valence-electron chi connectivity index (χ1n) is 6.38. The van der Waals surface area contributed by atoms with Gasteiger partial charge in [-0.3, -0.25) is 4.79 Å². The van der Waals surface area contributed by atoms with E-state index in [2.05, 4.69) is 23.1 Å². The summed E-state index contributed by atoms with van der Waals surface area (Å²) < 4.78 is 2.00. The van der Waals surface area contributed by atoms with Crippen molar-refractivity contribution >= 4 is 11.9 Å². The molecule has 1 unspecified atom stereocenters. The number of likely N-dealkylation sites (tertiary alicyclic amines) is 1. The van der Waals surface area contributed by atoms with Gasteiger partial charge in [0.15, 0.2) is 0 Å². The lowest BCUT2D eigenvalue weighted by molar-refractivity contribution is 0.112. The SMILES string of the molecule is CN1CCCC(c2cn3ccc(C=O)cc3n2)C1. The fourth-order valence-electron chi connectivity index (χ4n) is 2.70. The third kappa shape index (κ3) is 2.04. The number of pyridine rings is 1. The second kappa shape index (κ2) is 4.53. The van der Waals surface area contributed by atoms with E-state index in [-0.39, 0.29) is 0 Å². The molecule has 3 heterocycles. The Morgan fingerprint density at radius 2 is 2.39 bits per heavy atom. The quantitative estimate of drug-likeness (QED) is 0.757. The first-order chi connectivity index (χ1) is 8.76. The van der Waals surface area contributed by atoms with Crippen molar-refractivity contribution in [2.45, 2.75) is 18.8 Å². The largest absolute Gasteiger partial charge is 0.307 e. The molecule has 1 fully saturated rings. The molecule has 3 rings (SSSR count). The van der Waals surface area contributed by atoms with Crippen LogP contribution in [-0.4, -0.2) is 40.7 Å². The van der Waals surface area contributed by atoms with Crippen molar-refractivity contribution in [1.29, 1.82) is 0 Å². The smallest absolute Gasteiger partial charge is 0.150 e. The minimum atomic E-state index is 0.517. The summed E-state index contributed by atoms with van der Waals surface area (Å²) in [6.07, 6.45) is 7.29. The van der Waals surface area contributed by atoms with Crippen molar-refractivity contribution in [3.8, 4) is 0 Å². The third-order valence-electron chi connectivity index (χ3n) is 3.68. The minimum Gasteiger partial charge on any atom is -0.307 e. The van der Waals surface area contributed by atoms with Gasteiger partial charge in [0.2, 0.25) is 0 Å². The fourth-order valence-corrected chi connectivity index (χ4v) is 2.70. The van der Waals surface area contributed by atoms with Crippen molar-refractivity contribution < 1.29 is 4.79 Å². The molecule has 2 aromatic rings. The molecule has 1 saturated heterocycles. The molecule has 4 heteroatoms. The van der Waals surface area contributed by atoms with Crippen LogP contribution in [-0.2, 0) is 0 Å². The molecule has 0 spiro atoms. The van der Waals surface area contributed by atoms with E-state index < -0.39 is 0 Å². The van der Waals surface area contributed by atoms with E-state index in [1.165, 1.54) is 19.4 Å². The van der Waals surface area contributed by atoms with Crippen molar-refractivity contribution in [3.63, 3.8) is 0 Å². The summed E-state index contributed by atoms with van der Waals surface area (Å²) in [5, 5.41) is 0. The van der Waals surface area contributed by atoms with Gasteiger partial charge in [-0.25, -0.2) is 4.98 Å². The maximum Gasteiger partial charge on any atom is 0.150 e. The van der Waals surface area contributed by atoms with Crippen LogP contribution in [0.3, 0.4) is 0 Å². The van der Waals surface area contributed by atoms with Gasteiger partial charge >= 0.3 is 0 Å². The summed E-state index contributed by atoms with van der Waals surface area (Å²) in [4.78, 5) is 17.8. The van der Waals surface area contributed by atoms with Gasteiger partial charge in [0.05, 0.1) is 5.69 Å². The van der Waals surface area contributed by atoms with E-state index in [4.69, 9.17) is 0 Å². The van der Waals surface area contributed by atoms with Gasteiger partial charge in [0.25, 0.3) is 0 Å². The summed E-state index contributed by atoms with van der Waals surface area (Å²) in [6.45, 7) is 2.25. The van der Waals surface area contributed by atoms with Gasteiger partial charge in [-0.1, -0.05) is 0 Å². The zero-order valence-electron chi connectivity index (χ0n) is 10.5. The van der Waals surface area contributed by atoms with Crippen molar-refractivity contribution in [1.82, 2.24) is 14.3 Å². The molecule has 0 amide bonds. The summed E-state index contributed by atoms with van der Waals surface area (Å²) >= 11 is 0. The summed E-state index contributed by atoms with van der Waals surface area (Å²) in [5.74, 6) is 0.517. The van der Waals surface area contributed by atoms with Gasteiger partial charge in [-0.05, 0) is 38.6 Å². The van der Waals surface area contributed by atoms with E-state index in [1.54, 1.807) is 0 Å². The highest BCUT2D eigenvalue weighted by atomic mass is 16.1. The molecule has 4 nitrogen and oxygen atoms in total. The van der Waals surface area contributed by atoms with Crippen molar-refractivity contribution in [2.24, 2.45) is 0 Å². The van der Waals surface area contributed by atoms with E-state index in [1.807, 2.05) is 22.7 Å². The van der Waals surface area contributed by atoms with Crippen LogP contribution >= 0.6 is 0 Å². The number of piperidine rings is 1. The lowest BCUT2D eigenvalue weighted by Gasteiger charge is -2.28.